The number of benzene rings is 2. The molecule has 5 heteroatoms. The molecule has 25 heavy (non-hydrogen) atoms. The van der Waals surface area contributed by atoms with Crippen molar-refractivity contribution >= 4 is 29.3 Å². The van der Waals surface area contributed by atoms with Gasteiger partial charge >= 0.3 is 0 Å². The van der Waals surface area contributed by atoms with Crippen LogP contribution in [0, 0.1) is 0 Å². The van der Waals surface area contributed by atoms with E-state index in [4.69, 9.17) is 4.74 Å². The molecular weight excluding hydrogens is 316 g/mol. The number of carbonyl (C=O) groups is 2. The molecule has 0 aliphatic rings. The van der Waals surface area contributed by atoms with E-state index >= 15 is 0 Å². The monoisotopic (exact) mass is 338 g/mol. The average molecular weight is 338 g/mol. The van der Waals surface area contributed by atoms with Gasteiger partial charge in [0.2, 0.25) is 11.8 Å². The first-order valence-corrected chi connectivity index (χ1v) is 8.17. The zero-order valence-corrected chi connectivity index (χ0v) is 14.4. The van der Waals surface area contributed by atoms with Crippen molar-refractivity contribution in [3.8, 4) is 5.75 Å². The van der Waals surface area contributed by atoms with Gasteiger partial charge in [-0.1, -0.05) is 25.1 Å². The van der Waals surface area contributed by atoms with Crippen molar-refractivity contribution in [2.45, 2.75) is 20.3 Å². The summed E-state index contributed by atoms with van der Waals surface area (Å²) >= 11 is 0. The Morgan fingerprint density at radius 1 is 1.00 bits per heavy atom. The van der Waals surface area contributed by atoms with Crippen molar-refractivity contribution in [1.29, 1.82) is 0 Å². The zero-order chi connectivity index (χ0) is 18.1. The standard InChI is InChI=1S/C20H22N2O3/c1-3-14-25-19-7-5-4-6-16(19)8-13-20(24)22-18-11-9-17(10-12-18)21-15(2)23/h4-13H,3,14H2,1-2H3,(H,21,23)(H,22,24)/b13-8+. The van der Waals surface area contributed by atoms with Gasteiger partial charge in [-0.2, -0.15) is 0 Å². The molecular formula is C20H22N2O3. The lowest BCUT2D eigenvalue weighted by Gasteiger charge is -2.08. The summed E-state index contributed by atoms with van der Waals surface area (Å²) in [6, 6.07) is 14.5. The fraction of sp³-hybridized carbons (Fsp3) is 0.200. The van der Waals surface area contributed by atoms with Gasteiger partial charge in [-0.05, 0) is 42.8 Å². The third-order valence-electron chi connectivity index (χ3n) is 3.27. The van der Waals surface area contributed by atoms with Crippen LogP contribution in [0.2, 0.25) is 0 Å². The first kappa shape index (κ1) is 18.3. The summed E-state index contributed by atoms with van der Waals surface area (Å²) in [7, 11) is 0. The van der Waals surface area contributed by atoms with Gasteiger partial charge in [-0.25, -0.2) is 0 Å². The molecule has 0 aliphatic heterocycles. The Labute approximate surface area is 147 Å². The maximum absolute atomic E-state index is 12.1. The minimum Gasteiger partial charge on any atom is -0.493 e. The molecule has 0 radical (unpaired) electrons. The van der Waals surface area contributed by atoms with Gasteiger partial charge in [0.25, 0.3) is 0 Å². The van der Waals surface area contributed by atoms with Crippen LogP contribution in [0.15, 0.2) is 54.6 Å². The van der Waals surface area contributed by atoms with Crippen LogP contribution in [0.1, 0.15) is 25.8 Å². The molecule has 2 amide bonds. The summed E-state index contributed by atoms with van der Waals surface area (Å²) in [5.74, 6) is 0.384. The molecule has 0 atom stereocenters. The van der Waals surface area contributed by atoms with Crippen LogP contribution >= 0.6 is 0 Å². The van der Waals surface area contributed by atoms with E-state index in [0.29, 0.717) is 18.0 Å². The Bertz CT molecular complexity index is 752. The van der Waals surface area contributed by atoms with Gasteiger partial charge in [-0.15, -0.1) is 0 Å². The van der Waals surface area contributed by atoms with E-state index in [1.807, 2.05) is 31.2 Å². The van der Waals surface area contributed by atoms with Gasteiger partial charge in [-0.3, -0.25) is 9.59 Å². The first-order chi connectivity index (χ1) is 12.1. The fourth-order valence-corrected chi connectivity index (χ4v) is 2.15. The molecule has 0 aliphatic carbocycles. The molecule has 0 bridgehead atoms. The number of hydrogen-bond donors (Lipinski definition) is 2. The van der Waals surface area contributed by atoms with Crippen LogP contribution in [-0.4, -0.2) is 18.4 Å². The van der Waals surface area contributed by atoms with E-state index in [2.05, 4.69) is 10.6 Å². The van der Waals surface area contributed by atoms with E-state index in [1.165, 1.54) is 13.0 Å². The van der Waals surface area contributed by atoms with Crippen molar-refractivity contribution in [2.24, 2.45) is 0 Å². The van der Waals surface area contributed by atoms with Gasteiger partial charge in [0.15, 0.2) is 0 Å². The highest BCUT2D eigenvalue weighted by molar-refractivity contribution is 6.02. The second-order valence-electron chi connectivity index (χ2n) is 5.47. The van der Waals surface area contributed by atoms with Gasteiger partial charge in [0.05, 0.1) is 6.61 Å². The fourth-order valence-electron chi connectivity index (χ4n) is 2.15. The maximum atomic E-state index is 12.1. The number of amides is 2. The minimum absolute atomic E-state index is 0.135. The van der Waals surface area contributed by atoms with Crippen molar-refractivity contribution in [2.75, 3.05) is 17.2 Å². The van der Waals surface area contributed by atoms with Gasteiger partial charge in [0, 0.05) is 29.9 Å². The number of nitrogens with one attached hydrogen (secondary N) is 2. The normalized spacial score (nSPS) is 10.5. The lowest BCUT2D eigenvalue weighted by molar-refractivity contribution is -0.114. The third kappa shape index (κ3) is 6.14. The molecule has 0 spiro atoms. The first-order valence-electron chi connectivity index (χ1n) is 8.17. The summed E-state index contributed by atoms with van der Waals surface area (Å²) < 4.78 is 5.66. The highest BCUT2D eigenvalue weighted by Gasteiger charge is 2.02. The maximum Gasteiger partial charge on any atom is 0.248 e. The summed E-state index contributed by atoms with van der Waals surface area (Å²) in [5.41, 5.74) is 2.19. The zero-order valence-electron chi connectivity index (χ0n) is 14.4. The van der Waals surface area contributed by atoms with Crippen molar-refractivity contribution in [3.63, 3.8) is 0 Å². The van der Waals surface area contributed by atoms with E-state index in [1.54, 1.807) is 30.3 Å². The molecule has 0 unspecified atom stereocenters. The molecule has 0 saturated heterocycles. The lowest BCUT2D eigenvalue weighted by Crippen LogP contribution is -2.08. The number of hydrogen-bond acceptors (Lipinski definition) is 3. The van der Waals surface area contributed by atoms with Crippen LogP contribution in [-0.2, 0) is 9.59 Å². The molecule has 2 N–H and O–H groups in total. The molecule has 0 fully saturated rings. The smallest absolute Gasteiger partial charge is 0.248 e. The number of carbonyl (C=O) groups excluding carboxylic acids is 2. The lowest BCUT2D eigenvalue weighted by atomic mass is 10.2. The van der Waals surface area contributed by atoms with Crippen LogP contribution in [0.3, 0.4) is 0 Å². The molecule has 2 aromatic carbocycles. The van der Waals surface area contributed by atoms with E-state index < -0.39 is 0 Å². The average Bonchev–Trinajstić information content (AvgIpc) is 2.60. The predicted octanol–water partition coefficient (Wildman–Crippen LogP) is 4.09. The summed E-state index contributed by atoms with van der Waals surface area (Å²) in [5, 5.41) is 5.45. The number of para-hydroxylation sites is 1. The summed E-state index contributed by atoms with van der Waals surface area (Å²) in [6.45, 7) is 4.13. The Kier molecular flexibility index (Phi) is 6.77. The highest BCUT2D eigenvalue weighted by atomic mass is 16.5. The molecule has 2 aromatic rings. The highest BCUT2D eigenvalue weighted by Crippen LogP contribution is 2.20. The van der Waals surface area contributed by atoms with E-state index in [0.717, 1.165) is 17.7 Å². The van der Waals surface area contributed by atoms with Gasteiger partial charge < -0.3 is 15.4 Å². The molecule has 2 rings (SSSR count). The minimum atomic E-state index is -0.238. The molecule has 0 saturated carbocycles. The van der Waals surface area contributed by atoms with Crippen LogP contribution < -0.4 is 15.4 Å². The topological polar surface area (TPSA) is 67.4 Å². The molecule has 0 aromatic heterocycles. The second kappa shape index (κ2) is 9.27. The predicted molar refractivity (Wildman–Crippen MR) is 101 cm³/mol. The largest absolute Gasteiger partial charge is 0.493 e. The van der Waals surface area contributed by atoms with Crippen LogP contribution in [0.25, 0.3) is 6.08 Å². The third-order valence-corrected chi connectivity index (χ3v) is 3.27. The van der Waals surface area contributed by atoms with Crippen molar-refractivity contribution < 1.29 is 14.3 Å². The SMILES string of the molecule is CCCOc1ccccc1/C=C/C(=O)Nc1ccc(NC(C)=O)cc1. The molecule has 5 nitrogen and oxygen atoms in total. The Hall–Kier alpha value is -3.08. The summed E-state index contributed by atoms with van der Waals surface area (Å²) in [4.78, 5) is 23.1. The van der Waals surface area contributed by atoms with E-state index in [-0.39, 0.29) is 11.8 Å². The number of rotatable bonds is 7. The quantitative estimate of drug-likeness (QED) is 0.747. The van der Waals surface area contributed by atoms with Crippen LogP contribution in [0.5, 0.6) is 5.75 Å². The van der Waals surface area contributed by atoms with Crippen LogP contribution in [0.4, 0.5) is 11.4 Å². The summed E-state index contributed by atoms with van der Waals surface area (Å²) in [6.07, 6.45) is 4.12. The Morgan fingerprint density at radius 2 is 1.64 bits per heavy atom. The Balaban J connectivity index is 1.98. The molecule has 0 heterocycles. The second-order valence-corrected chi connectivity index (χ2v) is 5.47. The van der Waals surface area contributed by atoms with Gasteiger partial charge in [0.1, 0.15) is 5.75 Å². The molecule has 130 valence electrons. The van der Waals surface area contributed by atoms with Crippen molar-refractivity contribution in [1.82, 2.24) is 0 Å². The number of anilines is 2. The van der Waals surface area contributed by atoms with E-state index in [9.17, 15) is 9.59 Å². The number of ether oxygens (including phenoxy) is 1. The Morgan fingerprint density at radius 3 is 2.28 bits per heavy atom. The van der Waals surface area contributed by atoms with Crippen molar-refractivity contribution in [3.05, 3.63) is 60.2 Å².